The highest BCUT2D eigenvalue weighted by atomic mass is 32.1. The van der Waals surface area contributed by atoms with Gasteiger partial charge in [-0.1, -0.05) is 6.07 Å². The average Bonchev–Trinajstić information content (AvgIpc) is 3.18. The molecule has 2 heterocycles. The van der Waals surface area contributed by atoms with Gasteiger partial charge in [0.05, 0.1) is 20.8 Å². The second kappa shape index (κ2) is 9.00. The molecule has 1 unspecified atom stereocenters. The van der Waals surface area contributed by atoms with E-state index in [0.717, 1.165) is 10.6 Å². The van der Waals surface area contributed by atoms with Crippen LogP contribution in [0.15, 0.2) is 35.1 Å². The smallest absolute Gasteiger partial charge is 0.314 e. The lowest BCUT2D eigenvalue weighted by Gasteiger charge is -2.17. The van der Waals surface area contributed by atoms with Crippen LogP contribution in [0.4, 0.5) is 5.00 Å². The lowest BCUT2D eigenvalue weighted by Crippen LogP contribution is -2.23. The van der Waals surface area contributed by atoms with Crippen LogP contribution in [0.25, 0.3) is 10.9 Å². The predicted molar refractivity (Wildman–Crippen MR) is 114 cm³/mol. The number of benzene rings is 1. The third kappa shape index (κ3) is 4.62. The minimum atomic E-state index is -1.23. The van der Waals surface area contributed by atoms with Crippen molar-refractivity contribution in [2.45, 2.75) is 26.3 Å². The molecule has 0 saturated heterocycles. The van der Waals surface area contributed by atoms with Crippen LogP contribution in [0, 0.1) is 12.8 Å². The maximum absolute atomic E-state index is 12.5. The first-order chi connectivity index (χ1) is 14.3. The molecule has 0 bridgehead atoms. The van der Waals surface area contributed by atoms with E-state index in [1.807, 2.05) is 18.0 Å². The molecule has 0 spiro atoms. The number of rotatable bonds is 9. The summed E-state index contributed by atoms with van der Waals surface area (Å²) in [6, 6.07) is 8.85. The Balaban J connectivity index is 1.78. The van der Waals surface area contributed by atoms with Gasteiger partial charge < -0.3 is 19.8 Å². The third-order valence-electron chi connectivity index (χ3n) is 4.71. The fourth-order valence-corrected chi connectivity index (χ4v) is 4.15. The van der Waals surface area contributed by atoms with Crippen LogP contribution in [0.1, 0.15) is 33.9 Å². The van der Waals surface area contributed by atoms with Gasteiger partial charge in [-0.05, 0) is 43.2 Å². The molecule has 8 nitrogen and oxygen atoms in total. The average molecular weight is 427 g/mol. The van der Waals surface area contributed by atoms with E-state index in [-0.39, 0.29) is 18.4 Å². The van der Waals surface area contributed by atoms with Gasteiger partial charge in [-0.3, -0.25) is 14.4 Å². The van der Waals surface area contributed by atoms with Gasteiger partial charge in [0.25, 0.3) is 5.56 Å². The second-order valence-corrected chi connectivity index (χ2v) is 8.06. The summed E-state index contributed by atoms with van der Waals surface area (Å²) in [4.78, 5) is 55.9. The SMILES string of the molecule is Cc1nc2ccc(CN(C)c3ccc(C(=O)C(CCC=O)C(=O)O)s3)cc2c(=O)[nH]1. The van der Waals surface area contributed by atoms with Crippen molar-refractivity contribution in [2.24, 2.45) is 5.92 Å². The highest BCUT2D eigenvalue weighted by Gasteiger charge is 2.28. The summed E-state index contributed by atoms with van der Waals surface area (Å²) in [5.74, 6) is -2.39. The number of carboxylic acid groups (broad SMARTS) is 1. The fourth-order valence-electron chi connectivity index (χ4n) is 3.19. The van der Waals surface area contributed by atoms with E-state index < -0.39 is 17.7 Å². The van der Waals surface area contributed by atoms with Crippen molar-refractivity contribution in [2.75, 3.05) is 11.9 Å². The Morgan fingerprint density at radius 3 is 2.77 bits per heavy atom. The Hall–Kier alpha value is -3.33. The monoisotopic (exact) mass is 427 g/mol. The maximum Gasteiger partial charge on any atom is 0.314 e. The zero-order chi connectivity index (χ0) is 21.8. The number of fused-ring (bicyclic) bond motifs is 1. The van der Waals surface area contributed by atoms with E-state index in [4.69, 9.17) is 0 Å². The number of thiophene rings is 1. The number of nitrogens with zero attached hydrogens (tertiary/aromatic N) is 2. The van der Waals surface area contributed by atoms with Gasteiger partial charge in [-0.25, -0.2) is 4.98 Å². The van der Waals surface area contributed by atoms with Gasteiger partial charge >= 0.3 is 5.97 Å². The molecule has 2 N–H and O–H groups in total. The zero-order valence-electron chi connectivity index (χ0n) is 16.5. The Kier molecular flexibility index (Phi) is 6.41. The molecule has 0 aliphatic heterocycles. The largest absolute Gasteiger partial charge is 0.481 e. The number of aromatic amines is 1. The van der Waals surface area contributed by atoms with Crippen LogP contribution in [0.3, 0.4) is 0 Å². The fraction of sp³-hybridized carbons (Fsp3) is 0.286. The van der Waals surface area contributed by atoms with E-state index in [9.17, 15) is 24.3 Å². The van der Waals surface area contributed by atoms with E-state index in [1.165, 1.54) is 11.3 Å². The Morgan fingerprint density at radius 2 is 2.07 bits per heavy atom. The quantitative estimate of drug-likeness (QED) is 0.306. The number of carbonyl (C=O) groups is 3. The number of ketones is 1. The number of aryl methyl sites for hydroxylation is 1. The van der Waals surface area contributed by atoms with E-state index >= 15 is 0 Å². The molecule has 1 atom stereocenters. The number of hydrogen-bond donors (Lipinski definition) is 2. The summed E-state index contributed by atoms with van der Waals surface area (Å²) in [6.07, 6.45) is 0.624. The molecular weight excluding hydrogens is 406 g/mol. The first-order valence-electron chi connectivity index (χ1n) is 9.31. The number of hydrogen-bond acceptors (Lipinski definition) is 7. The van der Waals surface area contributed by atoms with Crippen molar-refractivity contribution in [1.29, 1.82) is 0 Å². The number of aliphatic carboxylic acids is 1. The molecule has 0 aliphatic carbocycles. The lowest BCUT2D eigenvalue weighted by atomic mass is 9.98. The minimum absolute atomic E-state index is 0.0140. The molecule has 1 aromatic carbocycles. The number of H-pyrrole nitrogens is 1. The molecule has 0 aliphatic rings. The second-order valence-electron chi connectivity index (χ2n) is 7.00. The van der Waals surface area contributed by atoms with Gasteiger partial charge in [0.2, 0.25) is 0 Å². The summed E-state index contributed by atoms with van der Waals surface area (Å²) in [7, 11) is 1.85. The van der Waals surface area contributed by atoms with Crippen LogP contribution in [-0.2, 0) is 16.1 Å². The van der Waals surface area contributed by atoms with Crippen LogP contribution >= 0.6 is 11.3 Å². The molecule has 30 heavy (non-hydrogen) atoms. The van der Waals surface area contributed by atoms with Crippen LogP contribution in [-0.4, -0.2) is 40.2 Å². The standard InChI is InChI=1S/C21H21N3O5S/c1-12-22-16-6-5-13(10-15(16)20(27)23-12)11-24(2)18-8-7-17(30-18)19(26)14(21(28)29)4-3-9-25/h5-10,14H,3-4,11H2,1-2H3,(H,28,29)(H,22,23,27). The van der Waals surface area contributed by atoms with Crippen LogP contribution < -0.4 is 10.5 Å². The van der Waals surface area contributed by atoms with Crippen molar-refractivity contribution < 1.29 is 19.5 Å². The molecule has 3 aromatic rings. The Bertz CT molecular complexity index is 1170. The zero-order valence-corrected chi connectivity index (χ0v) is 17.4. The Morgan fingerprint density at radius 1 is 1.30 bits per heavy atom. The first-order valence-corrected chi connectivity index (χ1v) is 10.1. The summed E-state index contributed by atoms with van der Waals surface area (Å²) in [6.45, 7) is 2.22. The molecule has 156 valence electrons. The number of carboxylic acids is 1. The highest BCUT2D eigenvalue weighted by Crippen LogP contribution is 2.29. The van der Waals surface area contributed by atoms with Crippen molar-refractivity contribution in [1.82, 2.24) is 9.97 Å². The van der Waals surface area contributed by atoms with E-state index in [1.54, 1.807) is 31.2 Å². The Labute approximate surface area is 176 Å². The van der Waals surface area contributed by atoms with Crippen molar-refractivity contribution >= 4 is 45.3 Å². The molecule has 0 fully saturated rings. The molecule has 0 saturated carbocycles. The molecular formula is C21H21N3O5S. The van der Waals surface area contributed by atoms with Gasteiger partial charge in [-0.15, -0.1) is 11.3 Å². The summed E-state index contributed by atoms with van der Waals surface area (Å²) in [5, 5.41) is 10.6. The van der Waals surface area contributed by atoms with Gasteiger partial charge in [0, 0.05) is 20.0 Å². The molecule has 9 heteroatoms. The topological polar surface area (TPSA) is 120 Å². The third-order valence-corrected chi connectivity index (χ3v) is 5.92. The van der Waals surface area contributed by atoms with Crippen LogP contribution in [0.2, 0.25) is 0 Å². The normalized spacial score (nSPS) is 11.9. The van der Waals surface area contributed by atoms with Gasteiger partial charge in [0.15, 0.2) is 5.78 Å². The van der Waals surface area contributed by atoms with E-state index in [0.29, 0.717) is 34.4 Å². The number of Topliss-reactive ketones (excluding diaryl/α,β-unsaturated/α-hetero) is 1. The van der Waals surface area contributed by atoms with Crippen molar-refractivity contribution in [3.05, 3.63) is 57.0 Å². The predicted octanol–water partition coefficient (Wildman–Crippen LogP) is 2.79. The summed E-state index contributed by atoms with van der Waals surface area (Å²) >= 11 is 1.20. The number of aldehydes is 1. The number of carbonyl (C=O) groups excluding carboxylic acids is 2. The number of aromatic nitrogens is 2. The van der Waals surface area contributed by atoms with Crippen LogP contribution in [0.5, 0.6) is 0 Å². The minimum Gasteiger partial charge on any atom is -0.481 e. The van der Waals surface area contributed by atoms with Crippen molar-refractivity contribution in [3.63, 3.8) is 0 Å². The maximum atomic E-state index is 12.5. The summed E-state index contributed by atoms with van der Waals surface area (Å²) in [5.41, 5.74) is 1.33. The molecule has 3 rings (SSSR count). The summed E-state index contributed by atoms with van der Waals surface area (Å²) < 4.78 is 0. The lowest BCUT2D eigenvalue weighted by molar-refractivity contribution is -0.140. The first kappa shape index (κ1) is 21.4. The van der Waals surface area contributed by atoms with Gasteiger partial charge in [0.1, 0.15) is 18.0 Å². The number of anilines is 1. The van der Waals surface area contributed by atoms with Gasteiger partial charge in [-0.2, -0.15) is 0 Å². The van der Waals surface area contributed by atoms with Crippen molar-refractivity contribution in [3.8, 4) is 0 Å². The molecule has 0 radical (unpaired) electrons. The highest BCUT2D eigenvalue weighted by molar-refractivity contribution is 7.18. The molecule has 2 aromatic heterocycles. The van der Waals surface area contributed by atoms with E-state index in [2.05, 4.69) is 9.97 Å². The molecule has 0 amide bonds. The number of nitrogens with one attached hydrogen (secondary N) is 1.